The van der Waals surface area contributed by atoms with Gasteiger partial charge in [0.25, 0.3) is 0 Å². The van der Waals surface area contributed by atoms with Gasteiger partial charge in [0.2, 0.25) is 5.60 Å². The first kappa shape index (κ1) is 18.9. The fourth-order valence-electron chi connectivity index (χ4n) is 3.26. The number of aromatic nitrogens is 3. The summed E-state index contributed by atoms with van der Waals surface area (Å²) in [6.07, 6.45) is -1.72. The first-order valence-electron chi connectivity index (χ1n) is 8.63. The van der Waals surface area contributed by atoms with E-state index in [9.17, 15) is 18.3 Å². The molecule has 0 spiro atoms. The highest BCUT2D eigenvalue weighted by atomic mass is 79.9. The van der Waals surface area contributed by atoms with E-state index in [-0.39, 0.29) is 6.54 Å². The van der Waals surface area contributed by atoms with Gasteiger partial charge in [-0.15, -0.1) is 16.4 Å². The Balaban J connectivity index is 1.61. The van der Waals surface area contributed by atoms with Gasteiger partial charge in [0.15, 0.2) is 0 Å². The van der Waals surface area contributed by atoms with Crippen LogP contribution in [0, 0.1) is 0 Å². The van der Waals surface area contributed by atoms with Gasteiger partial charge < -0.3 is 5.11 Å². The molecule has 144 valence electrons. The lowest BCUT2D eigenvalue weighted by atomic mass is 9.96. The third-order valence-electron chi connectivity index (χ3n) is 5.02. The van der Waals surface area contributed by atoms with E-state index >= 15 is 0 Å². The lowest BCUT2D eigenvalue weighted by Crippen LogP contribution is -2.42. The fourth-order valence-corrected chi connectivity index (χ4v) is 5.40. The average Bonchev–Trinajstić information content (AvgIpc) is 3.23. The minimum atomic E-state index is -4.80. The van der Waals surface area contributed by atoms with Gasteiger partial charge in [0, 0.05) is 4.70 Å². The van der Waals surface area contributed by atoms with Crippen LogP contribution in [0.2, 0.25) is 0 Å². The standard InChI is InChI=1S/C18H17BrF3N3OS/c1-2-17(26,18(20,21)22)14-9-25(24-23-14)8-10-3-6-12-13(7-10)27-16(19)15(12)11-4-5-11/h3,6-7,9,11,26H,2,4-5,8H2,1H3. The zero-order valence-electron chi connectivity index (χ0n) is 14.4. The van der Waals surface area contributed by atoms with Crippen molar-refractivity contribution >= 4 is 37.4 Å². The quantitative estimate of drug-likeness (QED) is 0.559. The van der Waals surface area contributed by atoms with E-state index in [1.807, 2.05) is 12.1 Å². The summed E-state index contributed by atoms with van der Waals surface area (Å²) in [6, 6.07) is 6.06. The van der Waals surface area contributed by atoms with Crippen LogP contribution in [-0.4, -0.2) is 26.3 Å². The Morgan fingerprint density at radius 1 is 1.33 bits per heavy atom. The molecule has 1 saturated carbocycles. The molecule has 1 aliphatic carbocycles. The van der Waals surface area contributed by atoms with Crippen molar-refractivity contribution in [3.63, 3.8) is 0 Å². The van der Waals surface area contributed by atoms with Crippen molar-refractivity contribution < 1.29 is 18.3 Å². The van der Waals surface area contributed by atoms with Crippen molar-refractivity contribution in [2.45, 2.75) is 50.4 Å². The van der Waals surface area contributed by atoms with E-state index in [1.54, 1.807) is 11.3 Å². The second-order valence-electron chi connectivity index (χ2n) is 6.91. The van der Waals surface area contributed by atoms with Crippen LogP contribution < -0.4 is 0 Å². The second kappa shape index (κ2) is 6.56. The second-order valence-corrected chi connectivity index (χ2v) is 9.28. The van der Waals surface area contributed by atoms with Crippen LogP contribution in [-0.2, 0) is 12.1 Å². The van der Waals surface area contributed by atoms with E-state index in [1.165, 1.54) is 41.6 Å². The minimum Gasteiger partial charge on any atom is -0.375 e. The number of nitrogens with zero attached hydrogens (tertiary/aromatic N) is 3. The van der Waals surface area contributed by atoms with Crippen LogP contribution in [0.4, 0.5) is 13.2 Å². The molecule has 4 nitrogen and oxygen atoms in total. The molecule has 0 saturated heterocycles. The molecule has 0 aliphatic heterocycles. The van der Waals surface area contributed by atoms with Crippen LogP contribution in [0.25, 0.3) is 10.1 Å². The number of alkyl halides is 3. The number of aliphatic hydroxyl groups is 1. The minimum absolute atomic E-state index is 0.287. The van der Waals surface area contributed by atoms with Crippen molar-refractivity contribution in [2.75, 3.05) is 0 Å². The van der Waals surface area contributed by atoms with Gasteiger partial charge in [-0.25, -0.2) is 4.68 Å². The Morgan fingerprint density at radius 2 is 2.07 bits per heavy atom. The monoisotopic (exact) mass is 459 g/mol. The number of hydrogen-bond acceptors (Lipinski definition) is 4. The third kappa shape index (κ3) is 3.30. The predicted octanol–water partition coefficient (Wildman–Crippen LogP) is 5.34. The molecule has 0 amide bonds. The van der Waals surface area contributed by atoms with Crippen molar-refractivity contribution in [2.24, 2.45) is 0 Å². The van der Waals surface area contributed by atoms with Gasteiger partial charge in [-0.05, 0) is 63.7 Å². The third-order valence-corrected chi connectivity index (χ3v) is 6.89. The summed E-state index contributed by atoms with van der Waals surface area (Å²) in [4.78, 5) is 0. The van der Waals surface area contributed by atoms with Gasteiger partial charge in [-0.3, -0.25) is 0 Å². The lowest BCUT2D eigenvalue weighted by molar-refractivity contribution is -0.269. The van der Waals surface area contributed by atoms with Gasteiger partial charge in [0.05, 0.1) is 16.5 Å². The molecule has 4 rings (SSSR count). The Labute approximate surface area is 166 Å². The first-order chi connectivity index (χ1) is 12.7. The van der Waals surface area contributed by atoms with Crippen molar-refractivity contribution in [3.05, 3.63) is 45.0 Å². The van der Waals surface area contributed by atoms with E-state index in [4.69, 9.17) is 0 Å². The molecule has 2 aromatic heterocycles. The first-order valence-corrected chi connectivity index (χ1v) is 10.2. The highest BCUT2D eigenvalue weighted by Gasteiger charge is 2.55. The van der Waals surface area contributed by atoms with E-state index < -0.39 is 23.9 Å². The number of hydrogen-bond donors (Lipinski definition) is 1. The van der Waals surface area contributed by atoms with Crippen molar-refractivity contribution in [1.29, 1.82) is 0 Å². The Kier molecular flexibility index (Phi) is 4.59. The number of thiophene rings is 1. The summed E-state index contributed by atoms with van der Waals surface area (Å²) in [7, 11) is 0. The van der Waals surface area contributed by atoms with Gasteiger partial charge >= 0.3 is 6.18 Å². The van der Waals surface area contributed by atoms with E-state index in [0.29, 0.717) is 5.92 Å². The van der Waals surface area contributed by atoms with Crippen LogP contribution >= 0.6 is 27.3 Å². The van der Waals surface area contributed by atoms with E-state index in [2.05, 4.69) is 32.3 Å². The molecule has 1 atom stereocenters. The number of rotatable bonds is 5. The largest absolute Gasteiger partial charge is 0.423 e. The summed E-state index contributed by atoms with van der Waals surface area (Å²) in [5.74, 6) is 0.630. The molecule has 1 aliphatic rings. The molecule has 27 heavy (non-hydrogen) atoms. The Bertz CT molecular complexity index is 996. The lowest BCUT2D eigenvalue weighted by Gasteiger charge is -2.26. The van der Waals surface area contributed by atoms with Gasteiger partial charge in [0.1, 0.15) is 5.69 Å². The van der Waals surface area contributed by atoms with Crippen molar-refractivity contribution in [3.8, 4) is 0 Å². The average molecular weight is 460 g/mol. The zero-order valence-corrected chi connectivity index (χ0v) is 16.8. The summed E-state index contributed by atoms with van der Waals surface area (Å²) in [5.41, 5.74) is -1.18. The maximum Gasteiger partial charge on any atom is 0.423 e. The molecule has 1 N–H and O–H groups in total. The summed E-state index contributed by atoms with van der Waals surface area (Å²) >= 11 is 5.32. The maximum atomic E-state index is 13.2. The smallest absolute Gasteiger partial charge is 0.375 e. The molecule has 1 fully saturated rings. The van der Waals surface area contributed by atoms with Gasteiger partial charge in [-0.1, -0.05) is 24.3 Å². The highest BCUT2D eigenvalue weighted by molar-refractivity contribution is 9.11. The summed E-state index contributed by atoms with van der Waals surface area (Å²) in [5, 5.41) is 18.6. The Morgan fingerprint density at radius 3 is 2.70 bits per heavy atom. The normalized spacial score (nSPS) is 17.4. The fraction of sp³-hybridized carbons (Fsp3) is 0.444. The Hall–Kier alpha value is -1.45. The van der Waals surface area contributed by atoms with Crippen LogP contribution in [0.15, 0.2) is 28.2 Å². The molecular formula is C18H17BrF3N3OS. The van der Waals surface area contributed by atoms with Crippen LogP contribution in [0.5, 0.6) is 0 Å². The summed E-state index contributed by atoms with van der Waals surface area (Å²) in [6.45, 7) is 1.56. The topological polar surface area (TPSA) is 50.9 Å². The molecule has 0 bridgehead atoms. The molecule has 9 heteroatoms. The van der Waals surface area contributed by atoms with Gasteiger partial charge in [-0.2, -0.15) is 13.2 Å². The van der Waals surface area contributed by atoms with Crippen LogP contribution in [0.3, 0.4) is 0 Å². The molecule has 3 aromatic rings. The number of fused-ring (bicyclic) bond motifs is 1. The summed E-state index contributed by atoms with van der Waals surface area (Å²) < 4.78 is 43.2. The molecular weight excluding hydrogens is 443 g/mol. The maximum absolute atomic E-state index is 13.2. The molecule has 1 unspecified atom stereocenters. The molecule has 0 radical (unpaired) electrons. The molecule has 2 heterocycles. The SMILES string of the molecule is CCC(O)(c1cn(Cc2ccc3c(C4CC4)c(Br)sc3c2)nn1)C(F)(F)F. The molecule has 1 aromatic carbocycles. The van der Waals surface area contributed by atoms with Crippen LogP contribution in [0.1, 0.15) is 48.9 Å². The number of benzene rings is 1. The zero-order chi connectivity index (χ0) is 19.4. The van der Waals surface area contributed by atoms with E-state index in [0.717, 1.165) is 14.0 Å². The predicted molar refractivity (Wildman–Crippen MR) is 101 cm³/mol. The highest BCUT2D eigenvalue weighted by Crippen LogP contribution is 2.50. The number of halogens is 4. The van der Waals surface area contributed by atoms with Crippen molar-refractivity contribution in [1.82, 2.24) is 15.0 Å².